The molecule has 0 saturated heterocycles. The maximum atomic E-state index is 13.0. The van der Waals surface area contributed by atoms with E-state index >= 15 is 0 Å². The van der Waals surface area contributed by atoms with Crippen LogP contribution in [0.15, 0.2) is 54.6 Å². The molecule has 0 aromatic heterocycles. The Labute approximate surface area is 123 Å². The Morgan fingerprint density at radius 2 is 1.65 bits per heavy atom. The molecule has 0 amide bonds. The number of hydrogen-bond acceptors (Lipinski definition) is 0. The van der Waals surface area contributed by atoms with E-state index in [0.29, 0.717) is 11.8 Å². The Balaban J connectivity index is 1.83. The highest BCUT2D eigenvalue weighted by Gasteiger charge is 2.26. The fourth-order valence-corrected chi connectivity index (χ4v) is 3.06. The largest absolute Gasteiger partial charge is 0.207 e. The van der Waals surface area contributed by atoms with Crippen LogP contribution in [0.3, 0.4) is 0 Å². The number of rotatable bonds is 2. The lowest BCUT2D eigenvalue weighted by Crippen LogP contribution is -2.02. The van der Waals surface area contributed by atoms with Crippen LogP contribution in [0.4, 0.5) is 4.39 Å². The molecule has 0 radical (unpaired) electrons. The first kappa shape index (κ1) is 13.4. The maximum Gasteiger partial charge on any atom is 0.123 e. The minimum absolute atomic E-state index is 0.176. The van der Waals surface area contributed by atoms with Crippen molar-refractivity contribution in [2.45, 2.75) is 19.3 Å². The van der Waals surface area contributed by atoms with Crippen molar-refractivity contribution in [3.63, 3.8) is 0 Å². The van der Waals surface area contributed by atoms with Gasteiger partial charge in [-0.25, -0.2) is 4.39 Å². The fraction of sp³-hybridized carbons (Fsp3) is 0.222. The Kier molecular flexibility index (Phi) is 3.62. The van der Waals surface area contributed by atoms with Gasteiger partial charge in [0.05, 0.1) is 0 Å². The first-order chi connectivity index (χ1) is 9.63. The quantitative estimate of drug-likeness (QED) is 0.665. The molecule has 2 aromatic carbocycles. The lowest BCUT2D eigenvalue weighted by molar-refractivity contribution is 0.584. The van der Waals surface area contributed by atoms with Crippen LogP contribution in [-0.2, 0) is 0 Å². The second kappa shape index (κ2) is 5.41. The molecule has 0 fully saturated rings. The third-order valence-electron chi connectivity index (χ3n) is 4.05. The zero-order valence-corrected chi connectivity index (χ0v) is 12.1. The average Bonchev–Trinajstić information content (AvgIpc) is 2.82. The van der Waals surface area contributed by atoms with Crippen LogP contribution in [0.1, 0.15) is 30.4 Å². The van der Waals surface area contributed by atoms with Crippen LogP contribution in [0, 0.1) is 11.7 Å². The molecule has 0 unspecified atom stereocenters. The zero-order chi connectivity index (χ0) is 14.1. The van der Waals surface area contributed by atoms with Crippen LogP contribution >= 0.6 is 11.6 Å². The zero-order valence-electron chi connectivity index (χ0n) is 11.3. The highest BCUT2D eigenvalue weighted by Crippen LogP contribution is 2.42. The molecule has 102 valence electrons. The van der Waals surface area contributed by atoms with Gasteiger partial charge < -0.3 is 0 Å². The van der Waals surface area contributed by atoms with E-state index in [1.807, 2.05) is 24.3 Å². The standard InChI is InChI=1S/C18H16ClF/c1-12-10-15(13-2-6-16(19)7-3-13)11-18(12)14-4-8-17(20)9-5-14/h2-10,12,18H,11H2,1H3/t12-,18-/m0/s1. The molecule has 0 spiro atoms. The number of halogens is 2. The summed E-state index contributed by atoms with van der Waals surface area (Å²) in [7, 11) is 0. The summed E-state index contributed by atoms with van der Waals surface area (Å²) in [6, 6.07) is 14.9. The van der Waals surface area contributed by atoms with Crippen LogP contribution in [0.25, 0.3) is 5.57 Å². The van der Waals surface area contributed by atoms with E-state index in [1.54, 1.807) is 12.1 Å². The maximum absolute atomic E-state index is 13.0. The Morgan fingerprint density at radius 1 is 1.00 bits per heavy atom. The van der Waals surface area contributed by atoms with Gasteiger partial charge in [-0.1, -0.05) is 48.9 Å². The van der Waals surface area contributed by atoms with Crippen molar-refractivity contribution in [3.8, 4) is 0 Å². The van der Waals surface area contributed by atoms with Crippen molar-refractivity contribution >= 4 is 17.2 Å². The summed E-state index contributed by atoms with van der Waals surface area (Å²) in [6.45, 7) is 2.22. The van der Waals surface area contributed by atoms with E-state index in [9.17, 15) is 4.39 Å². The molecule has 0 bridgehead atoms. The highest BCUT2D eigenvalue weighted by atomic mass is 35.5. The molecule has 0 aliphatic heterocycles. The van der Waals surface area contributed by atoms with Crippen molar-refractivity contribution in [3.05, 3.63) is 76.6 Å². The van der Waals surface area contributed by atoms with Crippen molar-refractivity contribution in [1.29, 1.82) is 0 Å². The molecule has 0 nitrogen and oxygen atoms in total. The van der Waals surface area contributed by atoms with Gasteiger partial charge in [0.2, 0.25) is 0 Å². The highest BCUT2D eigenvalue weighted by molar-refractivity contribution is 6.30. The first-order valence-electron chi connectivity index (χ1n) is 6.85. The molecular formula is C18H16ClF. The second-order valence-corrected chi connectivity index (χ2v) is 5.86. The SMILES string of the molecule is C[C@H]1C=C(c2ccc(Cl)cc2)C[C@@H]1c1ccc(F)cc1. The van der Waals surface area contributed by atoms with Gasteiger partial charge in [0.1, 0.15) is 5.82 Å². The summed E-state index contributed by atoms with van der Waals surface area (Å²) in [5.74, 6) is 0.720. The monoisotopic (exact) mass is 286 g/mol. The van der Waals surface area contributed by atoms with E-state index in [-0.39, 0.29) is 5.82 Å². The van der Waals surface area contributed by atoms with Gasteiger partial charge >= 0.3 is 0 Å². The van der Waals surface area contributed by atoms with E-state index in [0.717, 1.165) is 11.4 Å². The van der Waals surface area contributed by atoms with Crippen molar-refractivity contribution in [2.75, 3.05) is 0 Å². The predicted octanol–water partition coefficient (Wildman–Crippen LogP) is 5.69. The summed E-state index contributed by atoms with van der Waals surface area (Å²) in [6.07, 6.45) is 3.31. The molecule has 0 saturated carbocycles. The first-order valence-corrected chi connectivity index (χ1v) is 7.23. The topological polar surface area (TPSA) is 0 Å². The van der Waals surface area contributed by atoms with Gasteiger partial charge in [-0.2, -0.15) is 0 Å². The number of benzene rings is 2. The lowest BCUT2D eigenvalue weighted by atomic mass is 9.89. The molecule has 2 aromatic rings. The average molecular weight is 287 g/mol. The molecule has 0 N–H and O–H groups in total. The van der Waals surface area contributed by atoms with Gasteiger partial charge in [-0.15, -0.1) is 0 Å². The van der Waals surface area contributed by atoms with Gasteiger partial charge in [0.25, 0.3) is 0 Å². The van der Waals surface area contributed by atoms with E-state index in [4.69, 9.17) is 11.6 Å². The Hall–Kier alpha value is -1.60. The lowest BCUT2D eigenvalue weighted by Gasteiger charge is -2.16. The Morgan fingerprint density at radius 3 is 2.30 bits per heavy atom. The molecule has 0 heterocycles. The van der Waals surface area contributed by atoms with Gasteiger partial charge in [0, 0.05) is 5.02 Å². The van der Waals surface area contributed by atoms with Crippen molar-refractivity contribution < 1.29 is 4.39 Å². The van der Waals surface area contributed by atoms with E-state index < -0.39 is 0 Å². The summed E-state index contributed by atoms with van der Waals surface area (Å²) < 4.78 is 13.0. The number of hydrogen-bond donors (Lipinski definition) is 0. The molecule has 3 rings (SSSR count). The second-order valence-electron chi connectivity index (χ2n) is 5.42. The third-order valence-corrected chi connectivity index (χ3v) is 4.30. The smallest absolute Gasteiger partial charge is 0.123 e. The number of allylic oxidation sites excluding steroid dienone is 2. The van der Waals surface area contributed by atoms with Crippen molar-refractivity contribution in [1.82, 2.24) is 0 Å². The molecule has 2 heteroatoms. The molecular weight excluding hydrogens is 271 g/mol. The van der Waals surface area contributed by atoms with E-state index in [2.05, 4.69) is 25.1 Å². The summed E-state index contributed by atoms with van der Waals surface area (Å²) in [5.41, 5.74) is 3.79. The molecule has 2 atom stereocenters. The normalized spacial score (nSPS) is 21.9. The van der Waals surface area contributed by atoms with Crippen LogP contribution in [-0.4, -0.2) is 0 Å². The minimum atomic E-state index is -0.176. The van der Waals surface area contributed by atoms with Gasteiger partial charge in [-0.3, -0.25) is 0 Å². The Bertz CT molecular complexity index is 625. The fourth-order valence-electron chi connectivity index (χ4n) is 2.93. The van der Waals surface area contributed by atoms with Crippen LogP contribution in [0.5, 0.6) is 0 Å². The van der Waals surface area contributed by atoms with Crippen molar-refractivity contribution in [2.24, 2.45) is 5.92 Å². The van der Waals surface area contributed by atoms with E-state index in [1.165, 1.54) is 16.7 Å². The summed E-state index contributed by atoms with van der Waals surface area (Å²) >= 11 is 5.93. The molecule has 1 aliphatic rings. The molecule has 1 aliphatic carbocycles. The van der Waals surface area contributed by atoms with Crippen LogP contribution < -0.4 is 0 Å². The van der Waals surface area contributed by atoms with Gasteiger partial charge in [0.15, 0.2) is 0 Å². The van der Waals surface area contributed by atoms with Gasteiger partial charge in [-0.05, 0) is 59.2 Å². The predicted molar refractivity (Wildman–Crippen MR) is 82.4 cm³/mol. The summed E-state index contributed by atoms with van der Waals surface area (Å²) in [4.78, 5) is 0. The van der Waals surface area contributed by atoms with Crippen LogP contribution in [0.2, 0.25) is 5.02 Å². The summed E-state index contributed by atoms with van der Waals surface area (Å²) in [5, 5.41) is 0.760. The molecule has 20 heavy (non-hydrogen) atoms. The third kappa shape index (κ3) is 2.64. The minimum Gasteiger partial charge on any atom is -0.207 e.